The summed E-state index contributed by atoms with van der Waals surface area (Å²) in [6, 6.07) is 14.9. The molecule has 0 spiro atoms. The Labute approximate surface area is 199 Å². The third-order valence-electron chi connectivity index (χ3n) is 4.76. The number of nitrogens with one attached hydrogen (secondary N) is 2. The minimum atomic E-state index is -0.476. The van der Waals surface area contributed by atoms with Gasteiger partial charge in [0.05, 0.1) is 22.8 Å². The van der Waals surface area contributed by atoms with Crippen molar-refractivity contribution in [1.29, 1.82) is 0 Å². The van der Waals surface area contributed by atoms with Crippen LogP contribution in [0.3, 0.4) is 0 Å². The number of aromatic nitrogens is 3. The Morgan fingerprint density at radius 2 is 1.67 bits per heavy atom. The van der Waals surface area contributed by atoms with E-state index in [1.165, 1.54) is 12.3 Å². The van der Waals surface area contributed by atoms with Crippen molar-refractivity contribution in [2.45, 2.75) is 6.54 Å². The lowest BCUT2D eigenvalue weighted by molar-refractivity contribution is 0.102. The summed E-state index contributed by atoms with van der Waals surface area (Å²) in [6.07, 6.45) is 4.82. The van der Waals surface area contributed by atoms with E-state index in [1.54, 1.807) is 53.4 Å². The van der Waals surface area contributed by atoms with Gasteiger partial charge in [0.1, 0.15) is 5.82 Å². The summed E-state index contributed by atoms with van der Waals surface area (Å²) < 4.78 is 1.79. The van der Waals surface area contributed by atoms with Crippen LogP contribution in [0.15, 0.2) is 73.2 Å². The van der Waals surface area contributed by atoms with Gasteiger partial charge in [0, 0.05) is 29.2 Å². The smallest absolute Gasteiger partial charge is 0.258 e. The summed E-state index contributed by atoms with van der Waals surface area (Å²) in [6.45, 7) is 0.536. The van der Waals surface area contributed by atoms with Gasteiger partial charge in [0.25, 0.3) is 11.8 Å². The molecule has 0 atom stereocenters. The standard InChI is InChI=1S/C23H18Cl2N6O2/c24-16-5-7-19(18(11-16)22(33)30-20-8-6-17(25)12-28-20)29-21(32)15-3-1-14(2-4-15)13-31-10-9-27-23(31)26/h1-12H,13H2,(H2,26,27)(H,29,32)(H,28,30,33). The maximum absolute atomic E-state index is 12.8. The zero-order valence-corrected chi connectivity index (χ0v) is 18.6. The summed E-state index contributed by atoms with van der Waals surface area (Å²) in [4.78, 5) is 33.7. The highest BCUT2D eigenvalue weighted by Gasteiger charge is 2.16. The molecule has 0 unspecified atom stereocenters. The predicted molar refractivity (Wildman–Crippen MR) is 129 cm³/mol. The molecule has 33 heavy (non-hydrogen) atoms. The van der Waals surface area contributed by atoms with Gasteiger partial charge in [0.15, 0.2) is 5.95 Å². The molecule has 0 saturated carbocycles. The molecule has 0 fully saturated rings. The summed E-state index contributed by atoms with van der Waals surface area (Å²) in [5, 5.41) is 6.23. The topological polar surface area (TPSA) is 115 Å². The van der Waals surface area contributed by atoms with Gasteiger partial charge in [0.2, 0.25) is 0 Å². The van der Waals surface area contributed by atoms with E-state index < -0.39 is 5.91 Å². The van der Waals surface area contributed by atoms with Crippen molar-refractivity contribution >= 4 is 52.5 Å². The minimum Gasteiger partial charge on any atom is -0.369 e. The first kappa shape index (κ1) is 22.3. The Balaban J connectivity index is 1.49. The van der Waals surface area contributed by atoms with Crippen LogP contribution >= 0.6 is 23.2 Å². The molecular formula is C23H18Cl2N6O2. The van der Waals surface area contributed by atoms with Crippen LogP contribution in [0, 0.1) is 0 Å². The molecular weight excluding hydrogens is 463 g/mol. The van der Waals surface area contributed by atoms with E-state index in [-0.39, 0.29) is 11.5 Å². The zero-order valence-electron chi connectivity index (χ0n) is 17.1. The van der Waals surface area contributed by atoms with Gasteiger partial charge in [-0.3, -0.25) is 9.59 Å². The van der Waals surface area contributed by atoms with Crippen LogP contribution in [0.1, 0.15) is 26.3 Å². The predicted octanol–water partition coefficient (Wildman–Crippen LogP) is 4.72. The number of hydrogen-bond acceptors (Lipinski definition) is 5. The van der Waals surface area contributed by atoms with Crippen molar-refractivity contribution in [1.82, 2.24) is 14.5 Å². The van der Waals surface area contributed by atoms with Gasteiger partial charge in [-0.15, -0.1) is 0 Å². The van der Waals surface area contributed by atoms with Gasteiger partial charge in [-0.2, -0.15) is 0 Å². The lowest BCUT2D eigenvalue weighted by atomic mass is 10.1. The highest BCUT2D eigenvalue weighted by atomic mass is 35.5. The molecule has 10 heteroatoms. The first-order valence-corrected chi connectivity index (χ1v) is 10.5. The third kappa shape index (κ3) is 5.49. The van der Waals surface area contributed by atoms with Gasteiger partial charge in [-0.1, -0.05) is 35.3 Å². The van der Waals surface area contributed by atoms with Crippen LogP contribution in [0.4, 0.5) is 17.5 Å². The molecule has 4 N–H and O–H groups in total. The van der Waals surface area contributed by atoms with E-state index >= 15 is 0 Å². The average Bonchev–Trinajstić information content (AvgIpc) is 3.21. The van der Waals surface area contributed by atoms with Gasteiger partial charge < -0.3 is 20.9 Å². The first-order valence-electron chi connectivity index (χ1n) is 9.78. The molecule has 4 aromatic rings. The maximum Gasteiger partial charge on any atom is 0.258 e. The highest BCUT2D eigenvalue weighted by Crippen LogP contribution is 2.23. The van der Waals surface area contributed by atoms with E-state index in [2.05, 4.69) is 20.6 Å². The molecule has 0 aliphatic rings. The van der Waals surface area contributed by atoms with Crippen molar-refractivity contribution in [3.8, 4) is 0 Å². The number of halogens is 2. The van der Waals surface area contributed by atoms with Crippen LogP contribution in [0.2, 0.25) is 10.0 Å². The maximum atomic E-state index is 12.8. The molecule has 2 amide bonds. The van der Waals surface area contributed by atoms with Crippen LogP contribution in [-0.2, 0) is 6.54 Å². The molecule has 0 aliphatic carbocycles. The number of pyridine rings is 1. The van der Waals surface area contributed by atoms with Crippen LogP contribution in [-0.4, -0.2) is 26.3 Å². The SMILES string of the molecule is Nc1nccn1Cc1ccc(C(=O)Nc2ccc(Cl)cc2C(=O)Nc2ccc(Cl)cn2)cc1. The fraction of sp³-hybridized carbons (Fsp3) is 0.0435. The normalized spacial score (nSPS) is 10.6. The van der Waals surface area contributed by atoms with E-state index in [4.69, 9.17) is 28.9 Å². The van der Waals surface area contributed by atoms with Crippen LogP contribution in [0.25, 0.3) is 0 Å². The number of nitrogen functional groups attached to an aromatic ring is 1. The Hall–Kier alpha value is -3.88. The summed E-state index contributed by atoms with van der Waals surface area (Å²) >= 11 is 11.9. The average molecular weight is 481 g/mol. The number of anilines is 3. The Morgan fingerprint density at radius 3 is 2.33 bits per heavy atom. The van der Waals surface area contributed by atoms with Gasteiger partial charge in [-0.25, -0.2) is 9.97 Å². The number of rotatable bonds is 6. The first-order chi connectivity index (χ1) is 15.9. The fourth-order valence-electron chi connectivity index (χ4n) is 3.07. The monoisotopic (exact) mass is 480 g/mol. The zero-order chi connectivity index (χ0) is 23.4. The molecule has 0 bridgehead atoms. The van der Waals surface area contributed by atoms with Crippen LogP contribution < -0.4 is 16.4 Å². The summed E-state index contributed by atoms with van der Waals surface area (Å²) in [5.41, 5.74) is 7.68. The molecule has 2 aromatic heterocycles. The second-order valence-corrected chi connectivity index (χ2v) is 7.94. The van der Waals surface area contributed by atoms with E-state index in [1.807, 2.05) is 12.1 Å². The number of amides is 2. The van der Waals surface area contributed by atoms with E-state index in [0.717, 1.165) is 5.56 Å². The van der Waals surface area contributed by atoms with Gasteiger partial charge in [-0.05, 0) is 48.0 Å². The molecule has 166 valence electrons. The van der Waals surface area contributed by atoms with E-state index in [9.17, 15) is 9.59 Å². The van der Waals surface area contributed by atoms with Gasteiger partial charge >= 0.3 is 0 Å². The molecule has 4 rings (SSSR count). The largest absolute Gasteiger partial charge is 0.369 e. The Bertz CT molecular complexity index is 1300. The Morgan fingerprint density at radius 1 is 0.909 bits per heavy atom. The summed E-state index contributed by atoms with van der Waals surface area (Å²) in [7, 11) is 0. The lowest BCUT2D eigenvalue weighted by Gasteiger charge is -2.12. The number of carbonyl (C=O) groups excluding carboxylic acids is 2. The van der Waals surface area contributed by atoms with Crippen molar-refractivity contribution in [3.05, 3.63) is 99.9 Å². The van der Waals surface area contributed by atoms with Crippen molar-refractivity contribution in [2.75, 3.05) is 16.4 Å². The number of hydrogen-bond donors (Lipinski definition) is 3. The molecule has 2 aromatic carbocycles. The molecule has 2 heterocycles. The molecule has 0 saturated heterocycles. The molecule has 0 radical (unpaired) electrons. The van der Waals surface area contributed by atoms with Crippen molar-refractivity contribution < 1.29 is 9.59 Å². The second-order valence-electron chi connectivity index (χ2n) is 7.07. The van der Waals surface area contributed by atoms with Crippen molar-refractivity contribution in [2.24, 2.45) is 0 Å². The number of nitrogens with zero attached hydrogens (tertiary/aromatic N) is 3. The molecule has 0 aliphatic heterocycles. The van der Waals surface area contributed by atoms with Crippen molar-refractivity contribution in [3.63, 3.8) is 0 Å². The second kappa shape index (κ2) is 9.72. The Kier molecular flexibility index (Phi) is 6.58. The number of benzene rings is 2. The fourth-order valence-corrected chi connectivity index (χ4v) is 3.36. The quantitative estimate of drug-likeness (QED) is 0.369. The molecule has 8 nitrogen and oxygen atoms in total. The lowest BCUT2D eigenvalue weighted by Crippen LogP contribution is -2.18. The third-order valence-corrected chi connectivity index (χ3v) is 5.22. The number of carbonyl (C=O) groups is 2. The summed E-state index contributed by atoms with van der Waals surface area (Å²) in [5.74, 6) is -0.115. The number of imidazole rings is 1. The van der Waals surface area contributed by atoms with Crippen LogP contribution in [0.5, 0.6) is 0 Å². The minimum absolute atomic E-state index is 0.194. The number of nitrogens with two attached hydrogens (primary N) is 1. The van der Waals surface area contributed by atoms with E-state index in [0.29, 0.717) is 39.6 Å². The highest BCUT2D eigenvalue weighted by molar-refractivity contribution is 6.31.